The van der Waals surface area contributed by atoms with Gasteiger partial charge in [0.2, 0.25) is 0 Å². The predicted octanol–water partition coefficient (Wildman–Crippen LogP) is 3.47. The van der Waals surface area contributed by atoms with Crippen molar-refractivity contribution in [1.82, 2.24) is 14.8 Å². The number of fused-ring (bicyclic) bond motifs is 2. The summed E-state index contributed by atoms with van der Waals surface area (Å²) in [5, 5.41) is 5.59. The largest absolute Gasteiger partial charge is 0.369 e. The molecule has 1 aliphatic heterocycles. The number of aromatic nitrogens is 3. The van der Waals surface area contributed by atoms with Crippen LogP contribution in [0.5, 0.6) is 0 Å². The number of nitrogens with two attached hydrogens (primary N) is 1. The van der Waals surface area contributed by atoms with Crippen LogP contribution in [0.2, 0.25) is 0 Å². The van der Waals surface area contributed by atoms with Crippen molar-refractivity contribution >= 4 is 29.0 Å². The van der Waals surface area contributed by atoms with Gasteiger partial charge in [-0.3, -0.25) is 9.67 Å². The summed E-state index contributed by atoms with van der Waals surface area (Å²) >= 11 is 0. The Labute approximate surface area is 166 Å². The van der Waals surface area contributed by atoms with E-state index in [4.69, 9.17) is 10.7 Å². The van der Waals surface area contributed by atoms with E-state index >= 15 is 0 Å². The quantitative estimate of drug-likeness (QED) is 0.736. The molecule has 3 heterocycles. The number of hydrogen-bond acceptors (Lipinski definition) is 4. The SMILES string of the molecule is Cl.Cn1cc(-c2ccc3nc4c(c(N5CC[C@H](N)C5)c3c2)CCCC4)cn1. The topological polar surface area (TPSA) is 60.0 Å². The zero-order valence-electron chi connectivity index (χ0n) is 15.7. The molecule has 1 saturated heterocycles. The van der Waals surface area contributed by atoms with E-state index in [-0.39, 0.29) is 18.4 Å². The highest BCUT2D eigenvalue weighted by Crippen LogP contribution is 2.38. The monoisotopic (exact) mass is 383 g/mol. The number of nitrogens with zero attached hydrogens (tertiary/aromatic N) is 4. The maximum Gasteiger partial charge on any atom is 0.0726 e. The molecule has 0 spiro atoms. The number of anilines is 1. The fourth-order valence-corrected chi connectivity index (χ4v) is 4.50. The first-order valence-electron chi connectivity index (χ1n) is 9.64. The van der Waals surface area contributed by atoms with Crippen molar-refractivity contribution in [1.29, 1.82) is 0 Å². The van der Waals surface area contributed by atoms with Gasteiger partial charge in [0.15, 0.2) is 0 Å². The average molecular weight is 384 g/mol. The molecule has 2 N–H and O–H groups in total. The lowest BCUT2D eigenvalue weighted by atomic mass is 9.91. The summed E-state index contributed by atoms with van der Waals surface area (Å²) in [6.45, 7) is 1.99. The number of aryl methyl sites for hydroxylation is 2. The van der Waals surface area contributed by atoms with Crippen molar-refractivity contribution in [3.8, 4) is 11.1 Å². The second-order valence-electron chi connectivity index (χ2n) is 7.72. The van der Waals surface area contributed by atoms with Gasteiger partial charge in [-0.15, -0.1) is 12.4 Å². The van der Waals surface area contributed by atoms with Gasteiger partial charge in [-0.2, -0.15) is 5.10 Å². The minimum absolute atomic E-state index is 0. The first kappa shape index (κ1) is 18.3. The van der Waals surface area contributed by atoms with Crippen LogP contribution in [-0.2, 0) is 19.9 Å². The summed E-state index contributed by atoms with van der Waals surface area (Å²) in [6.07, 6.45) is 9.81. The van der Waals surface area contributed by atoms with Gasteiger partial charge < -0.3 is 10.6 Å². The Hall–Kier alpha value is -2.11. The predicted molar refractivity (Wildman–Crippen MR) is 113 cm³/mol. The summed E-state index contributed by atoms with van der Waals surface area (Å²) in [5.41, 5.74) is 13.8. The molecule has 27 heavy (non-hydrogen) atoms. The molecule has 5 rings (SSSR count). The van der Waals surface area contributed by atoms with Crippen molar-refractivity contribution in [2.45, 2.75) is 38.1 Å². The van der Waals surface area contributed by atoms with Crippen LogP contribution in [-0.4, -0.2) is 33.9 Å². The Morgan fingerprint density at radius 3 is 2.74 bits per heavy atom. The Morgan fingerprint density at radius 2 is 2.00 bits per heavy atom. The smallest absolute Gasteiger partial charge is 0.0726 e. The first-order chi connectivity index (χ1) is 12.7. The third-order valence-electron chi connectivity index (χ3n) is 5.81. The van der Waals surface area contributed by atoms with E-state index in [1.54, 1.807) is 0 Å². The highest BCUT2D eigenvalue weighted by atomic mass is 35.5. The molecular formula is C21H26ClN5. The molecule has 5 nitrogen and oxygen atoms in total. The fraction of sp³-hybridized carbons (Fsp3) is 0.429. The molecule has 0 radical (unpaired) electrons. The van der Waals surface area contributed by atoms with Crippen molar-refractivity contribution in [2.75, 3.05) is 18.0 Å². The van der Waals surface area contributed by atoms with E-state index in [0.29, 0.717) is 0 Å². The van der Waals surface area contributed by atoms with E-state index in [1.165, 1.54) is 40.7 Å². The summed E-state index contributed by atoms with van der Waals surface area (Å²) < 4.78 is 1.85. The Balaban J connectivity index is 0.00000180. The normalized spacial score (nSPS) is 19.2. The van der Waals surface area contributed by atoms with Crippen molar-refractivity contribution in [3.63, 3.8) is 0 Å². The van der Waals surface area contributed by atoms with Crippen LogP contribution in [0.25, 0.3) is 22.0 Å². The Kier molecular flexibility index (Phi) is 4.82. The van der Waals surface area contributed by atoms with Gasteiger partial charge in [0.25, 0.3) is 0 Å². The van der Waals surface area contributed by atoms with Crippen molar-refractivity contribution in [3.05, 3.63) is 41.9 Å². The van der Waals surface area contributed by atoms with Crippen LogP contribution >= 0.6 is 12.4 Å². The molecule has 1 aromatic carbocycles. The molecular weight excluding hydrogens is 358 g/mol. The zero-order chi connectivity index (χ0) is 17.7. The van der Waals surface area contributed by atoms with Crippen LogP contribution in [0.1, 0.15) is 30.5 Å². The molecule has 142 valence electrons. The maximum absolute atomic E-state index is 6.24. The second-order valence-corrected chi connectivity index (χ2v) is 7.72. The molecule has 2 aromatic heterocycles. The van der Waals surface area contributed by atoms with E-state index in [0.717, 1.165) is 43.4 Å². The van der Waals surface area contributed by atoms with E-state index in [2.05, 4.69) is 34.4 Å². The summed E-state index contributed by atoms with van der Waals surface area (Å²) in [4.78, 5) is 7.53. The van der Waals surface area contributed by atoms with Gasteiger partial charge in [-0.1, -0.05) is 6.07 Å². The van der Waals surface area contributed by atoms with Crippen LogP contribution in [0.4, 0.5) is 5.69 Å². The lowest BCUT2D eigenvalue weighted by Crippen LogP contribution is -2.28. The van der Waals surface area contributed by atoms with Gasteiger partial charge in [-0.05, 0) is 55.4 Å². The van der Waals surface area contributed by atoms with E-state index < -0.39 is 0 Å². The van der Waals surface area contributed by atoms with E-state index in [1.807, 2.05) is 17.9 Å². The highest BCUT2D eigenvalue weighted by molar-refractivity contribution is 5.97. The maximum atomic E-state index is 6.24. The molecule has 1 aliphatic carbocycles. The molecule has 3 aromatic rings. The molecule has 1 fully saturated rings. The second kappa shape index (κ2) is 7.13. The number of pyridine rings is 1. The Morgan fingerprint density at radius 1 is 1.15 bits per heavy atom. The molecule has 2 aliphatic rings. The summed E-state index contributed by atoms with van der Waals surface area (Å²) in [7, 11) is 1.96. The van der Waals surface area contributed by atoms with Crippen LogP contribution in [0.3, 0.4) is 0 Å². The zero-order valence-corrected chi connectivity index (χ0v) is 16.5. The van der Waals surface area contributed by atoms with Gasteiger partial charge >= 0.3 is 0 Å². The average Bonchev–Trinajstić information content (AvgIpc) is 3.27. The van der Waals surface area contributed by atoms with Gasteiger partial charge in [0.05, 0.1) is 17.4 Å². The Bertz CT molecular complexity index is 980. The minimum Gasteiger partial charge on any atom is -0.369 e. The molecule has 1 atom stereocenters. The molecule has 0 bridgehead atoms. The molecule has 0 amide bonds. The van der Waals surface area contributed by atoms with Crippen molar-refractivity contribution in [2.24, 2.45) is 12.8 Å². The number of benzene rings is 1. The summed E-state index contributed by atoms with van der Waals surface area (Å²) in [6, 6.07) is 6.92. The summed E-state index contributed by atoms with van der Waals surface area (Å²) in [5.74, 6) is 0. The molecule has 0 unspecified atom stereocenters. The lowest BCUT2D eigenvalue weighted by Gasteiger charge is -2.28. The van der Waals surface area contributed by atoms with Crippen LogP contribution < -0.4 is 10.6 Å². The fourth-order valence-electron chi connectivity index (χ4n) is 4.50. The van der Waals surface area contributed by atoms with Gasteiger partial charge in [0, 0.05) is 49.0 Å². The lowest BCUT2D eigenvalue weighted by molar-refractivity contribution is 0.668. The van der Waals surface area contributed by atoms with Crippen LogP contribution in [0.15, 0.2) is 30.6 Å². The standard InChI is InChI=1S/C21H25N5.ClH/c1-25-12-15(11-23-25)14-6-7-20-18(10-14)21(26-9-8-16(22)13-26)17-4-2-3-5-19(17)24-20;/h6-7,10-12,16H,2-5,8-9,13,22H2,1H3;1H/t16-;/m0./s1. The molecule has 0 saturated carbocycles. The van der Waals surface area contributed by atoms with E-state index in [9.17, 15) is 0 Å². The molecule has 6 heteroatoms. The minimum atomic E-state index is 0. The van der Waals surface area contributed by atoms with Crippen LogP contribution in [0, 0.1) is 0 Å². The third-order valence-corrected chi connectivity index (χ3v) is 5.81. The first-order valence-corrected chi connectivity index (χ1v) is 9.64. The van der Waals surface area contributed by atoms with Gasteiger partial charge in [0.1, 0.15) is 0 Å². The number of hydrogen-bond donors (Lipinski definition) is 1. The number of halogens is 1. The van der Waals surface area contributed by atoms with Gasteiger partial charge in [-0.25, -0.2) is 0 Å². The van der Waals surface area contributed by atoms with Crippen molar-refractivity contribution < 1.29 is 0 Å². The number of rotatable bonds is 2. The highest BCUT2D eigenvalue weighted by Gasteiger charge is 2.26. The third kappa shape index (κ3) is 3.19.